The number of H-pyrrole nitrogens is 1. The van der Waals surface area contributed by atoms with Gasteiger partial charge in [-0.1, -0.05) is 11.6 Å². The second-order valence-corrected chi connectivity index (χ2v) is 5.90. The molecule has 3 rings (SSSR count). The minimum absolute atomic E-state index is 0.255. The highest BCUT2D eigenvalue weighted by molar-refractivity contribution is 6.32. The van der Waals surface area contributed by atoms with Crippen LogP contribution in [0.3, 0.4) is 0 Å². The van der Waals surface area contributed by atoms with Crippen molar-refractivity contribution in [2.45, 2.75) is 6.42 Å². The molecule has 0 atom stereocenters. The van der Waals surface area contributed by atoms with Gasteiger partial charge >= 0.3 is 0 Å². The Balaban J connectivity index is 1.63. The van der Waals surface area contributed by atoms with Gasteiger partial charge in [-0.25, -0.2) is 4.39 Å². The van der Waals surface area contributed by atoms with Gasteiger partial charge in [-0.2, -0.15) is 0 Å². The molecule has 2 aromatic carbocycles. The molecule has 0 aliphatic rings. The van der Waals surface area contributed by atoms with Crippen molar-refractivity contribution < 1.29 is 9.13 Å². The number of aromatic amines is 1. The molecule has 0 amide bonds. The van der Waals surface area contributed by atoms with Gasteiger partial charge in [0.2, 0.25) is 0 Å². The number of fused-ring (bicyclic) bond motifs is 1. The van der Waals surface area contributed by atoms with Crippen molar-refractivity contribution in [3.63, 3.8) is 0 Å². The highest BCUT2D eigenvalue weighted by atomic mass is 35.5. The maximum absolute atomic E-state index is 13.4. The summed E-state index contributed by atoms with van der Waals surface area (Å²) in [5, 5.41) is 4.33. The fraction of sp³-hybridized carbons (Fsp3) is 0.167. The summed E-state index contributed by atoms with van der Waals surface area (Å²) in [5.74, 6) is 0.621. The summed E-state index contributed by atoms with van der Waals surface area (Å²) >= 11 is 6.07. The van der Waals surface area contributed by atoms with E-state index in [1.54, 1.807) is 31.4 Å². The number of nitrogens with zero attached hydrogens (tertiary/aromatic N) is 1. The standard InChI is InChI=1S/C18H18ClFN4O/c1-25-17-5-3-13(9-15(17)19)24-18(21)22-7-6-11-10-23-16-4-2-12(20)8-14(11)16/h2-5,8-10,23H,6-7H2,1H3,(H3,21,22,24). The molecule has 0 aliphatic carbocycles. The minimum Gasteiger partial charge on any atom is -0.495 e. The third-order valence-corrected chi connectivity index (χ3v) is 4.11. The largest absolute Gasteiger partial charge is 0.495 e. The van der Waals surface area contributed by atoms with Crippen LogP contribution in [0.1, 0.15) is 5.56 Å². The van der Waals surface area contributed by atoms with Crippen LogP contribution < -0.4 is 15.8 Å². The van der Waals surface area contributed by atoms with E-state index >= 15 is 0 Å². The summed E-state index contributed by atoms with van der Waals surface area (Å²) < 4.78 is 18.5. The zero-order valence-electron chi connectivity index (χ0n) is 13.6. The van der Waals surface area contributed by atoms with Crippen molar-refractivity contribution in [1.29, 1.82) is 0 Å². The maximum atomic E-state index is 13.4. The Kier molecular flexibility index (Phi) is 5.09. The molecule has 5 nitrogen and oxygen atoms in total. The highest BCUT2D eigenvalue weighted by Crippen LogP contribution is 2.27. The first-order valence-electron chi connectivity index (χ1n) is 7.73. The molecule has 0 bridgehead atoms. The van der Waals surface area contributed by atoms with E-state index in [4.69, 9.17) is 22.1 Å². The monoisotopic (exact) mass is 360 g/mol. The lowest BCUT2D eigenvalue weighted by Crippen LogP contribution is -2.23. The second kappa shape index (κ2) is 7.44. The lowest BCUT2D eigenvalue weighted by Gasteiger charge is -2.08. The number of benzene rings is 2. The van der Waals surface area contributed by atoms with Crippen LogP contribution in [0.2, 0.25) is 5.02 Å². The van der Waals surface area contributed by atoms with Gasteiger partial charge in [0.15, 0.2) is 5.96 Å². The van der Waals surface area contributed by atoms with E-state index in [0.717, 1.165) is 22.2 Å². The summed E-state index contributed by atoms with van der Waals surface area (Å²) in [4.78, 5) is 7.42. The SMILES string of the molecule is COc1ccc(NC(N)=NCCc2c[nH]c3ccc(F)cc23)cc1Cl. The average molecular weight is 361 g/mol. The lowest BCUT2D eigenvalue weighted by molar-refractivity contribution is 0.415. The van der Waals surface area contributed by atoms with E-state index in [1.807, 2.05) is 6.20 Å². The Morgan fingerprint density at radius 3 is 2.92 bits per heavy atom. The molecule has 3 aromatic rings. The summed E-state index contributed by atoms with van der Waals surface area (Å²) in [6.45, 7) is 0.478. The topological polar surface area (TPSA) is 75.4 Å². The fourth-order valence-corrected chi connectivity index (χ4v) is 2.84. The van der Waals surface area contributed by atoms with E-state index in [1.165, 1.54) is 12.1 Å². The Morgan fingerprint density at radius 2 is 2.16 bits per heavy atom. The molecular formula is C18H18ClFN4O. The molecule has 4 N–H and O–H groups in total. The van der Waals surface area contributed by atoms with Gasteiger partial charge in [0, 0.05) is 29.3 Å². The first-order valence-corrected chi connectivity index (χ1v) is 8.10. The van der Waals surface area contributed by atoms with Gasteiger partial charge in [-0.15, -0.1) is 0 Å². The molecule has 0 fully saturated rings. The molecule has 130 valence electrons. The van der Waals surface area contributed by atoms with Gasteiger partial charge in [-0.3, -0.25) is 4.99 Å². The molecule has 0 aliphatic heterocycles. The average Bonchev–Trinajstić information content (AvgIpc) is 2.97. The second-order valence-electron chi connectivity index (χ2n) is 5.50. The van der Waals surface area contributed by atoms with Gasteiger partial charge in [-0.05, 0) is 48.4 Å². The molecule has 0 radical (unpaired) electrons. The molecule has 25 heavy (non-hydrogen) atoms. The zero-order valence-corrected chi connectivity index (χ0v) is 14.4. The molecule has 1 aromatic heterocycles. The molecule has 1 heterocycles. The summed E-state index contributed by atoms with van der Waals surface area (Å²) in [5.41, 5.74) is 8.52. The van der Waals surface area contributed by atoms with Gasteiger partial charge < -0.3 is 20.8 Å². The van der Waals surface area contributed by atoms with Crippen molar-refractivity contribution in [2.24, 2.45) is 10.7 Å². The van der Waals surface area contributed by atoms with Gasteiger partial charge in [0.1, 0.15) is 11.6 Å². The number of guanidine groups is 1. The number of aromatic nitrogens is 1. The fourth-order valence-electron chi connectivity index (χ4n) is 2.59. The number of ether oxygens (including phenoxy) is 1. The van der Waals surface area contributed by atoms with E-state index in [-0.39, 0.29) is 11.8 Å². The lowest BCUT2D eigenvalue weighted by atomic mass is 10.1. The van der Waals surface area contributed by atoms with Crippen LogP contribution in [-0.4, -0.2) is 24.6 Å². The third-order valence-electron chi connectivity index (χ3n) is 3.82. The van der Waals surface area contributed by atoms with Crippen molar-refractivity contribution in [3.05, 3.63) is 59.0 Å². The van der Waals surface area contributed by atoms with E-state index in [0.29, 0.717) is 23.7 Å². The zero-order chi connectivity index (χ0) is 17.8. The predicted molar refractivity (Wildman–Crippen MR) is 100 cm³/mol. The first kappa shape index (κ1) is 17.1. The van der Waals surface area contributed by atoms with E-state index < -0.39 is 0 Å². The number of anilines is 1. The molecular weight excluding hydrogens is 343 g/mol. The van der Waals surface area contributed by atoms with Crippen LogP contribution in [0.25, 0.3) is 10.9 Å². The Labute approximate surface area is 149 Å². The third kappa shape index (κ3) is 4.03. The number of nitrogens with two attached hydrogens (primary N) is 1. The number of hydrogen-bond acceptors (Lipinski definition) is 2. The number of halogens is 2. The van der Waals surface area contributed by atoms with Gasteiger partial charge in [0.25, 0.3) is 0 Å². The van der Waals surface area contributed by atoms with Crippen molar-refractivity contribution in [2.75, 3.05) is 19.0 Å². The number of nitrogens with one attached hydrogen (secondary N) is 2. The van der Waals surface area contributed by atoms with Crippen LogP contribution in [0.15, 0.2) is 47.6 Å². The Morgan fingerprint density at radius 1 is 1.32 bits per heavy atom. The van der Waals surface area contributed by atoms with Crippen LogP contribution in [0.5, 0.6) is 5.75 Å². The molecule has 7 heteroatoms. The minimum atomic E-state index is -0.255. The van der Waals surface area contributed by atoms with Crippen LogP contribution in [-0.2, 0) is 6.42 Å². The smallest absolute Gasteiger partial charge is 0.193 e. The first-order chi connectivity index (χ1) is 12.1. The quantitative estimate of drug-likeness (QED) is 0.476. The summed E-state index contributed by atoms with van der Waals surface area (Å²) in [6, 6.07) is 9.94. The van der Waals surface area contributed by atoms with E-state index in [2.05, 4.69) is 15.3 Å². The Bertz CT molecular complexity index is 923. The number of methoxy groups -OCH3 is 1. The predicted octanol–water partition coefficient (Wildman–Crippen LogP) is 3.94. The molecule has 0 saturated carbocycles. The normalized spacial score (nSPS) is 11.7. The van der Waals surface area contributed by atoms with Crippen LogP contribution >= 0.6 is 11.6 Å². The molecule has 0 unspecified atom stereocenters. The highest BCUT2D eigenvalue weighted by Gasteiger charge is 2.05. The van der Waals surface area contributed by atoms with Gasteiger partial charge in [0.05, 0.1) is 12.1 Å². The number of rotatable bonds is 5. The number of hydrogen-bond donors (Lipinski definition) is 3. The van der Waals surface area contributed by atoms with Crippen molar-refractivity contribution in [3.8, 4) is 5.75 Å². The van der Waals surface area contributed by atoms with Crippen LogP contribution in [0, 0.1) is 5.82 Å². The molecule has 0 saturated heterocycles. The van der Waals surface area contributed by atoms with Crippen molar-refractivity contribution in [1.82, 2.24) is 4.98 Å². The Hall–Kier alpha value is -2.73. The maximum Gasteiger partial charge on any atom is 0.193 e. The van der Waals surface area contributed by atoms with E-state index in [9.17, 15) is 4.39 Å². The molecule has 0 spiro atoms. The number of aliphatic imine (C=N–C) groups is 1. The van der Waals surface area contributed by atoms with Crippen LogP contribution in [0.4, 0.5) is 10.1 Å². The summed E-state index contributed by atoms with van der Waals surface area (Å²) in [6.07, 6.45) is 2.52. The van der Waals surface area contributed by atoms with Crippen molar-refractivity contribution >= 4 is 34.2 Å². The summed E-state index contributed by atoms with van der Waals surface area (Å²) in [7, 11) is 1.56.